The van der Waals surface area contributed by atoms with Crippen molar-refractivity contribution in [1.29, 1.82) is 0 Å². The van der Waals surface area contributed by atoms with Gasteiger partial charge in [-0.25, -0.2) is 13.2 Å². The van der Waals surface area contributed by atoms with Crippen LogP contribution < -0.4 is 14.9 Å². The molecule has 0 aliphatic rings. The minimum Gasteiger partial charge on any atom is -0.449 e. The second kappa shape index (κ2) is 11.2. The number of rotatable bonds is 8. The number of esters is 1. The molecular formula is C25H24ClN3O6S. The summed E-state index contributed by atoms with van der Waals surface area (Å²) in [5.74, 6) is -1.79. The van der Waals surface area contributed by atoms with Crippen LogP contribution >= 0.6 is 11.6 Å². The number of halogens is 1. The molecule has 0 unspecified atom stereocenters. The molecule has 3 aromatic rings. The van der Waals surface area contributed by atoms with E-state index < -0.39 is 28.0 Å². The molecular weight excluding hydrogens is 506 g/mol. The number of para-hydroxylation sites is 1. The van der Waals surface area contributed by atoms with Crippen LogP contribution in [0.15, 0.2) is 77.7 Å². The fourth-order valence-corrected chi connectivity index (χ4v) is 4.53. The molecule has 0 bridgehead atoms. The van der Waals surface area contributed by atoms with Crippen LogP contribution in [0.4, 0.5) is 17.1 Å². The molecule has 3 rings (SSSR count). The molecule has 0 radical (unpaired) electrons. The van der Waals surface area contributed by atoms with E-state index in [0.29, 0.717) is 17.1 Å². The fraction of sp³-hybridized carbons (Fsp3) is 0.160. The van der Waals surface area contributed by atoms with E-state index in [0.717, 1.165) is 10.4 Å². The van der Waals surface area contributed by atoms with Gasteiger partial charge in [0, 0.05) is 25.3 Å². The number of nitrogens with one attached hydrogen (secondary N) is 2. The molecule has 0 fully saturated rings. The molecule has 0 aliphatic carbocycles. The van der Waals surface area contributed by atoms with Gasteiger partial charge in [-0.2, -0.15) is 0 Å². The maximum atomic E-state index is 13.1. The summed E-state index contributed by atoms with van der Waals surface area (Å²) in [6.45, 7) is 2.75. The molecule has 9 nitrogen and oxygen atoms in total. The number of ether oxygens (including phenoxy) is 1. The second-order valence-corrected chi connectivity index (χ2v) is 10.1. The number of benzene rings is 3. The van der Waals surface area contributed by atoms with Crippen molar-refractivity contribution in [3.8, 4) is 0 Å². The van der Waals surface area contributed by atoms with Gasteiger partial charge < -0.3 is 15.4 Å². The average Bonchev–Trinajstić information content (AvgIpc) is 2.85. The van der Waals surface area contributed by atoms with Gasteiger partial charge in [-0.05, 0) is 61.5 Å². The molecule has 1 atom stereocenters. The zero-order chi connectivity index (χ0) is 26.5. The van der Waals surface area contributed by atoms with Crippen LogP contribution in [0.2, 0.25) is 5.02 Å². The molecule has 2 amide bonds. The van der Waals surface area contributed by atoms with Crippen LogP contribution in [0.3, 0.4) is 0 Å². The molecule has 2 N–H and O–H groups in total. The lowest BCUT2D eigenvalue weighted by molar-refractivity contribution is -0.123. The first-order valence-corrected chi connectivity index (χ1v) is 12.5. The van der Waals surface area contributed by atoms with Crippen molar-refractivity contribution >= 4 is 56.5 Å². The molecule has 36 heavy (non-hydrogen) atoms. The van der Waals surface area contributed by atoms with Crippen LogP contribution in [0, 0.1) is 0 Å². The van der Waals surface area contributed by atoms with Crippen molar-refractivity contribution in [2.45, 2.75) is 24.8 Å². The molecule has 188 valence electrons. The van der Waals surface area contributed by atoms with E-state index in [1.807, 2.05) is 0 Å². The maximum absolute atomic E-state index is 13.1. The van der Waals surface area contributed by atoms with E-state index in [4.69, 9.17) is 16.3 Å². The summed E-state index contributed by atoms with van der Waals surface area (Å²) >= 11 is 6.14. The summed E-state index contributed by atoms with van der Waals surface area (Å²) in [4.78, 5) is 36.2. The lowest BCUT2D eigenvalue weighted by atomic mass is 10.2. The summed E-state index contributed by atoms with van der Waals surface area (Å²) in [6.07, 6.45) is -1.21. The topological polar surface area (TPSA) is 122 Å². The number of nitrogens with zero attached hydrogens (tertiary/aromatic N) is 1. The van der Waals surface area contributed by atoms with E-state index in [9.17, 15) is 22.8 Å². The number of carbonyl (C=O) groups is 3. The average molecular weight is 530 g/mol. The highest BCUT2D eigenvalue weighted by Crippen LogP contribution is 2.26. The first kappa shape index (κ1) is 26.7. The zero-order valence-corrected chi connectivity index (χ0v) is 21.3. The van der Waals surface area contributed by atoms with Crippen LogP contribution in [0.25, 0.3) is 0 Å². The van der Waals surface area contributed by atoms with Gasteiger partial charge in [0.25, 0.3) is 15.9 Å². The number of hydrogen-bond acceptors (Lipinski definition) is 6. The van der Waals surface area contributed by atoms with Crippen molar-refractivity contribution < 1.29 is 27.5 Å². The highest BCUT2D eigenvalue weighted by Gasteiger charge is 2.26. The summed E-state index contributed by atoms with van der Waals surface area (Å²) in [7, 11) is -2.60. The van der Waals surface area contributed by atoms with Gasteiger partial charge in [-0.3, -0.25) is 13.9 Å². The van der Waals surface area contributed by atoms with Gasteiger partial charge in [-0.1, -0.05) is 29.8 Å². The van der Waals surface area contributed by atoms with E-state index in [1.165, 1.54) is 33.0 Å². The Morgan fingerprint density at radius 1 is 0.917 bits per heavy atom. The standard InChI is InChI=1S/C25H24ClN3O6S/c1-16(24(31)28-19-11-9-18(10-12-19)27-17(2)30)35-25(32)22-15-21(13-14-23(22)26)36(33,34)29(3)20-7-5-4-6-8-20/h4-16H,1-3H3,(H,27,30)(H,28,31)/t16-/m0/s1. The molecule has 11 heteroatoms. The van der Waals surface area contributed by atoms with Crippen molar-refractivity contribution in [2.75, 3.05) is 22.0 Å². The molecule has 0 saturated heterocycles. The van der Waals surface area contributed by atoms with Crippen LogP contribution in [-0.2, 0) is 24.3 Å². The third-order valence-corrected chi connectivity index (χ3v) is 7.17. The lowest BCUT2D eigenvalue weighted by Gasteiger charge is -2.20. The van der Waals surface area contributed by atoms with Crippen molar-refractivity contribution in [3.05, 3.63) is 83.4 Å². The monoisotopic (exact) mass is 529 g/mol. The number of sulfonamides is 1. The second-order valence-electron chi connectivity index (χ2n) is 7.75. The zero-order valence-electron chi connectivity index (χ0n) is 19.7. The Morgan fingerprint density at radius 2 is 1.50 bits per heavy atom. The maximum Gasteiger partial charge on any atom is 0.340 e. The third kappa shape index (κ3) is 6.41. The van der Waals surface area contributed by atoms with Gasteiger partial charge in [0.1, 0.15) is 0 Å². The van der Waals surface area contributed by atoms with Gasteiger partial charge in [0.15, 0.2) is 6.10 Å². The van der Waals surface area contributed by atoms with Crippen LogP contribution in [-0.4, -0.2) is 39.4 Å². The summed E-state index contributed by atoms with van der Waals surface area (Å²) < 4.78 is 32.5. The van der Waals surface area contributed by atoms with E-state index in [2.05, 4.69) is 10.6 Å². The van der Waals surface area contributed by atoms with Gasteiger partial charge in [0.2, 0.25) is 5.91 Å². The van der Waals surface area contributed by atoms with Gasteiger partial charge in [-0.15, -0.1) is 0 Å². The summed E-state index contributed by atoms with van der Waals surface area (Å²) in [5, 5.41) is 5.18. The highest BCUT2D eigenvalue weighted by molar-refractivity contribution is 7.92. The van der Waals surface area contributed by atoms with E-state index in [-0.39, 0.29) is 21.4 Å². The number of anilines is 3. The molecule has 3 aromatic carbocycles. The van der Waals surface area contributed by atoms with Crippen molar-refractivity contribution in [3.63, 3.8) is 0 Å². The molecule has 0 heterocycles. The quantitative estimate of drug-likeness (QED) is 0.419. The Morgan fingerprint density at radius 3 is 2.08 bits per heavy atom. The number of hydrogen-bond donors (Lipinski definition) is 2. The Hall–Kier alpha value is -3.89. The molecule has 0 aliphatic heterocycles. The Kier molecular flexibility index (Phi) is 8.33. The summed E-state index contributed by atoms with van der Waals surface area (Å²) in [5.41, 5.74) is 1.22. The predicted molar refractivity (Wildman–Crippen MR) is 138 cm³/mol. The Labute approximate surface area is 214 Å². The minimum atomic E-state index is -4.00. The third-order valence-electron chi connectivity index (χ3n) is 5.06. The first-order valence-electron chi connectivity index (χ1n) is 10.7. The van der Waals surface area contributed by atoms with Crippen molar-refractivity contribution in [1.82, 2.24) is 0 Å². The lowest BCUT2D eigenvalue weighted by Crippen LogP contribution is -2.30. The molecule has 0 saturated carbocycles. The minimum absolute atomic E-state index is 0.0255. The largest absolute Gasteiger partial charge is 0.449 e. The van der Waals surface area contributed by atoms with E-state index >= 15 is 0 Å². The Balaban J connectivity index is 1.72. The van der Waals surface area contributed by atoms with Gasteiger partial charge >= 0.3 is 5.97 Å². The van der Waals surface area contributed by atoms with E-state index in [1.54, 1.807) is 54.6 Å². The predicted octanol–water partition coefficient (Wildman–Crippen LogP) is 4.31. The molecule has 0 aromatic heterocycles. The summed E-state index contributed by atoms with van der Waals surface area (Å²) in [6, 6.07) is 18.5. The fourth-order valence-electron chi connectivity index (χ4n) is 3.12. The van der Waals surface area contributed by atoms with Crippen LogP contribution in [0.1, 0.15) is 24.2 Å². The number of amides is 2. The highest BCUT2D eigenvalue weighted by atomic mass is 35.5. The number of carbonyl (C=O) groups excluding carboxylic acids is 3. The van der Waals surface area contributed by atoms with Gasteiger partial charge in [0.05, 0.1) is 21.2 Å². The Bertz CT molecular complexity index is 1380. The first-order chi connectivity index (χ1) is 17.0. The smallest absolute Gasteiger partial charge is 0.340 e. The SMILES string of the molecule is CC(=O)Nc1ccc(NC(=O)[C@H](C)OC(=O)c2cc(S(=O)(=O)N(C)c3ccccc3)ccc2Cl)cc1. The molecule has 0 spiro atoms. The normalized spacial score (nSPS) is 11.8. The van der Waals surface area contributed by atoms with Crippen LogP contribution in [0.5, 0.6) is 0 Å². The van der Waals surface area contributed by atoms with Crippen molar-refractivity contribution in [2.24, 2.45) is 0 Å².